The largest absolute Gasteiger partial charge is 0.443 e. The molecule has 1 amide bonds. The first-order chi connectivity index (χ1) is 15.2. The number of thiazole rings is 1. The van der Waals surface area contributed by atoms with Crippen LogP contribution in [-0.2, 0) is 17.5 Å². The van der Waals surface area contributed by atoms with E-state index in [9.17, 15) is 18.0 Å². The minimum absolute atomic E-state index is 0.0347. The van der Waals surface area contributed by atoms with Gasteiger partial charge in [0.1, 0.15) is 5.82 Å². The molecule has 0 aliphatic heterocycles. The number of hydrogen-bond donors (Lipinski definition) is 3. The van der Waals surface area contributed by atoms with Crippen molar-refractivity contribution in [2.75, 3.05) is 18.5 Å². The standard InChI is InChI=1S/C21H20ClF3N4O2S/c1-12(14-5-6-17(27-10-14)26-7-8-30)19(31)28-11-16-18(13-3-2-4-15(22)9-13)29-20(32-16)21(23,24)25/h2-6,9-10,12,30H,7-8,11H2,1H3,(H,26,27)(H,28,31). The molecule has 1 unspecified atom stereocenters. The van der Waals surface area contributed by atoms with Crippen LogP contribution < -0.4 is 10.6 Å². The monoisotopic (exact) mass is 484 g/mol. The number of aliphatic hydroxyl groups is 1. The second-order valence-electron chi connectivity index (χ2n) is 6.87. The molecule has 3 N–H and O–H groups in total. The van der Waals surface area contributed by atoms with E-state index in [1.165, 1.54) is 12.3 Å². The van der Waals surface area contributed by atoms with Crippen molar-refractivity contribution in [3.63, 3.8) is 0 Å². The van der Waals surface area contributed by atoms with E-state index < -0.39 is 17.1 Å². The summed E-state index contributed by atoms with van der Waals surface area (Å²) in [6, 6.07) is 9.80. The van der Waals surface area contributed by atoms with Crippen molar-refractivity contribution in [3.05, 3.63) is 63.1 Å². The number of anilines is 1. The maximum atomic E-state index is 13.2. The Morgan fingerprint density at radius 2 is 2.06 bits per heavy atom. The van der Waals surface area contributed by atoms with E-state index in [0.717, 1.165) is 0 Å². The maximum Gasteiger partial charge on any atom is 0.443 e. The Morgan fingerprint density at radius 3 is 2.69 bits per heavy atom. The summed E-state index contributed by atoms with van der Waals surface area (Å²) in [6.45, 7) is 1.89. The molecule has 3 rings (SSSR count). The van der Waals surface area contributed by atoms with Gasteiger partial charge in [-0.3, -0.25) is 4.79 Å². The number of halogens is 4. The maximum absolute atomic E-state index is 13.2. The first-order valence-corrected chi connectivity index (χ1v) is 10.8. The Bertz CT molecular complexity index is 1070. The lowest BCUT2D eigenvalue weighted by molar-refractivity contribution is -0.137. The molecule has 0 aliphatic carbocycles. The third-order valence-electron chi connectivity index (χ3n) is 4.56. The lowest BCUT2D eigenvalue weighted by atomic mass is 10.0. The van der Waals surface area contributed by atoms with Gasteiger partial charge in [-0.2, -0.15) is 13.2 Å². The zero-order valence-electron chi connectivity index (χ0n) is 16.9. The Morgan fingerprint density at radius 1 is 1.28 bits per heavy atom. The van der Waals surface area contributed by atoms with Gasteiger partial charge in [0.2, 0.25) is 5.91 Å². The topological polar surface area (TPSA) is 87.1 Å². The summed E-state index contributed by atoms with van der Waals surface area (Å²) in [5, 5.41) is 13.8. The molecule has 170 valence electrons. The number of aliphatic hydroxyl groups excluding tert-OH is 1. The van der Waals surface area contributed by atoms with Crippen LogP contribution >= 0.6 is 22.9 Å². The Labute approximate surface area is 191 Å². The zero-order chi connectivity index (χ0) is 23.3. The van der Waals surface area contributed by atoms with Crippen molar-refractivity contribution in [3.8, 4) is 11.3 Å². The average molecular weight is 485 g/mol. The fourth-order valence-corrected chi connectivity index (χ4v) is 3.96. The predicted molar refractivity (Wildman–Crippen MR) is 118 cm³/mol. The van der Waals surface area contributed by atoms with E-state index in [4.69, 9.17) is 16.7 Å². The smallest absolute Gasteiger partial charge is 0.395 e. The number of rotatable bonds is 8. The van der Waals surface area contributed by atoms with E-state index in [1.54, 1.807) is 37.3 Å². The number of nitrogens with one attached hydrogen (secondary N) is 2. The molecule has 32 heavy (non-hydrogen) atoms. The molecule has 2 aromatic heterocycles. The van der Waals surface area contributed by atoms with Gasteiger partial charge in [0, 0.05) is 23.3 Å². The van der Waals surface area contributed by atoms with Gasteiger partial charge in [0.25, 0.3) is 0 Å². The average Bonchev–Trinajstić information content (AvgIpc) is 3.21. The van der Waals surface area contributed by atoms with Crippen molar-refractivity contribution in [2.24, 2.45) is 0 Å². The van der Waals surface area contributed by atoms with Gasteiger partial charge in [0.15, 0.2) is 5.01 Å². The molecular weight excluding hydrogens is 465 g/mol. The van der Waals surface area contributed by atoms with E-state index in [1.807, 2.05) is 0 Å². The fourth-order valence-electron chi connectivity index (χ4n) is 2.88. The van der Waals surface area contributed by atoms with Gasteiger partial charge >= 0.3 is 6.18 Å². The molecule has 0 bridgehead atoms. The number of carbonyl (C=O) groups excluding carboxylic acids is 1. The van der Waals surface area contributed by atoms with E-state index in [0.29, 0.717) is 39.8 Å². The lowest BCUT2D eigenvalue weighted by Crippen LogP contribution is -2.27. The molecule has 0 spiro atoms. The summed E-state index contributed by atoms with van der Waals surface area (Å²) in [6.07, 6.45) is -3.05. The lowest BCUT2D eigenvalue weighted by Gasteiger charge is -2.13. The third-order valence-corrected chi connectivity index (χ3v) is 5.89. The Kier molecular flexibility index (Phi) is 7.70. The van der Waals surface area contributed by atoms with Crippen LogP contribution in [0.1, 0.15) is 28.3 Å². The van der Waals surface area contributed by atoms with E-state index in [2.05, 4.69) is 20.6 Å². The number of hydrogen-bond acceptors (Lipinski definition) is 6. The molecule has 1 atom stereocenters. The number of benzene rings is 1. The van der Waals surface area contributed by atoms with Crippen molar-refractivity contribution in [2.45, 2.75) is 25.6 Å². The van der Waals surface area contributed by atoms with Crippen LogP contribution in [0, 0.1) is 0 Å². The van der Waals surface area contributed by atoms with Crippen molar-refractivity contribution < 1.29 is 23.1 Å². The summed E-state index contributed by atoms with van der Waals surface area (Å²) < 4.78 is 39.7. The molecule has 0 fully saturated rings. The Balaban J connectivity index is 1.75. The van der Waals surface area contributed by atoms with Crippen LogP contribution in [0.15, 0.2) is 42.6 Å². The molecule has 1 aromatic carbocycles. The molecular formula is C21H20ClF3N4O2S. The highest BCUT2D eigenvalue weighted by atomic mass is 35.5. The van der Waals surface area contributed by atoms with Crippen molar-refractivity contribution >= 4 is 34.7 Å². The molecule has 0 saturated carbocycles. The van der Waals surface area contributed by atoms with Crippen LogP contribution in [0.3, 0.4) is 0 Å². The highest BCUT2D eigenvalue weighted by Gasteiger charge is 2.36. The van der Waals surface area contributed by atoms with Crippen LogP contribution in [0.25, 0.3) is 11.3 Å². The molecule has 11 heteroatoms. The van der Waals surface area contributed by atoms with E-state index in [-0.39, 0.29) is 29.6 Å². The molecule has 0 aliphatic rings. The van der Waals surface area contributed by atoms with Gasteiger partial charge in [-0.15, -0.1) is 11.3 Å². The minimum Gasteiger partial charge on any atom is -0.395 e. The highest BCUT2D eigenvalue weighted by molar-refractivity contribution is 7.12. The summed E-state index contributed by atoms with van der Waals surface area (Å²) in [4.78, 5) is 20.9. The van der Waals surface area contributed by atoms with Gasteiger partial charge in [-0.1, -0.05) is 29.8 Å². The second-order valence-corrected chi connectivity index (χ2v) is 8.39. The molecule has 0 radical (unpaired) electrons. The van der Waals surface area contributed by atoms with Crippen LogP contribution in [-0.4, -0.2) is 34.1 Å². The van der Waals surface area contributed by atoms with Gasteiger partial charge in [-0.25, -0.2) is 9.97 Å². The van der Waals surface area contributed by atoms with Crippen LogP contribution in [0.5, 0.6) is 0 Å². The number of amides is 1. The van der Waals surface area contributed by atoms with Crippen molar-refractivity contribution in [1.29, 1.82) is 0 Å². The molecule has 2 heterocycles. The highest BCUT2D eigenvalue weighted by Crippen LogP contribution is 2.38. The number of pyridine rings is 1. The summed E-state index contributed by atoms with van der Waals surface area (Å²) >= 11 is 6.47. The number of nitrogens with zero attached hydrogens (tertiary/aromatic N) is 2. The normalized spacial score (nSPS) is 12.4. The fraction of sp³-hybridized carbons (Fsp3) is 0.286. The zero-order valence-corrected chi connectivity index (χ0v) is 18.5. The van der Waals surface area contributed by atoms with Crippen LogP contribution in [0.4, 0.5) is 19.0 Å². The third kappa shape index (κ3) is 5.96. The predicted octanol–water partition coefficient (Wildman–Crippen LogP) is 4.70. The van der Waals surface area contributed by atoms with E-state index >= 15 is 0 Å². The van der Waals surface area contributed by atoms with Crippen LogP contribution in [0.2, 0.25) is 5.02 Å². The molecule has 0 saturated heterocycles. The Hall–Kier alpha value is -2.69. The molecule has 3 aromatic rings. The summed E-state index contributed by atoms with van der Waals surface area (Å²) in [5.74, 6) is -0.369. The first kappa shape index (κ1) is 24.0. The number of carbonyl (C=O) groups is 1. The first-order valence-electron chi connectivity index (χ1n) is 9.60. The second kappa shape index (κ2) is 10.3. The molecule has 6 nitrogen and oxygen atoms in total. The summed E-state index contributed by atoms with van der Waals surface area (Å²) in [7, 11) is 0. The quantitative estimate of drug-likeness (QED) is 0.431. The number of aromatic nitrogens is 2. The number of alkyl halides is 3. The van der Waals surface area contributed by atoms with Crippen molar-refractivity contribution in [1.82, 2.24) is 15.3 Å². The van der Waals surface area contributed by atoms with Gasteiger partial charge in [0.05, 0.1) is 29.6 Å². The van der Waals surface area contributed by atoms with Gasteiger partial charge in [-0.05, 0) is 30.7 Å². The SMILES string of the molecule is CC(C(=O)NCc1sc(C(F)(F)F)nc1-c1cccc(Cl)c1)c1ccc(NCCO)nc1. The minimum atomic E-state index is -4.59. The summed E-state index contributed by atoms with van der Waals surface area (Å²) in [5.41, 5.74) is 1.22. The van der Waals surface area contributed by atoms with Gasteiger partial charge < -0.3 is 15.7 Å².